The smallest absolute Gasteiger partial charge is 0.266 e. The highest BCUT2D eigenvalue weighted by Crippen LogP contribution is 2.13. The van der Waals surface area contributed by atoms with Gasteiger partial charge in [-0.3, -0.25) is 19.6 Å². The average molecular weight is 391 g/mol. The normalized spacial score (nSPS) is 15.5. The molecular weight excluding hydrogens is 366 g/mol. The van der Waals surface area contributed by atoms with E-state index in [0.29, 0.717) is 6.54 Å². The highest BCUT2D eigenvalue weighted by atomic mass is 16.1. The number of pyridine rings is 1. The van der Waals surface area contributed by atoms with Crippen molar-refractivity contribution < 1.29 is 0 Å². The van der Waals surface area contributed by atoms with Gasteiger partial charge in [-0.15, -0.1) is 0 Å². The lowest BCUT2D eigenvalue weighted by atomic mass is 10.2. The fourth-order valence-electron chi connectivity index (χ4n) is 3.52. The Morgan fingerprint density at radius 3 is 2.41 bits per heavy atom. The summed E-state index contributed by atoms with van der Waals surface area (Å²) in [6.07, 6.45) is 5.28. The first kappa shape index (κ1) is 19.4. The molecule has 4 rings (SSSR count). The van der Waals surface area contributed by atoms with E-state index >= 15 is 0 Å². The van der Waals surface area contributed by atoms with Gasteiger partial charge >= 0.3 is 0 Å². The molecule has 29 heavy (non-hydrogen) atoms. The van der Waals surface area contributed by atoms with E-state index in [0.717, 1.165) is 62.0 Å². The van der Waals surface area contributed by atoms with Gasteiger partial charge in [0.25, 0.3) is 5.56 Å². The minimum absolute atomic E-state index is 0.0689. The summed E-state index contributed by atoms with van der Waals surface area (Å²) in [7, 11) is 0. The van der Waals surface area contributed by atoms with Crippen LogP contribution in [0.3, 0.4) is 0 Å². The molecule has 0 unspecified atom stereocenters. The van der Waals surface area contributed by atoms with E-state index in [1.54, 1.807) is 29.2 Å². The van der Waals surface area contributed by atoms with Crippen LogP contribution < -0.4 is 5.56 Å². The van der Waals surface area contributed by atoms with E-state index in [9.17, 15) is 4.79 Å². The van der Waals surface area contributed by atoms with Crippen molar-refractivity contribution in [2.45, 2.75) is 20.0 Å². The van der Waals surface area contributed by atoms with E-state index in [1.807, 2.05) is 31.3 Å². The van der Waals surface area contributed by atoms with Crippen LogP contribution in [-0.4, -0.2) is 67.3 Å². The van der Waals surface area contributed by atoms with Gasteiger partial charge < -0.3 is 0 Å². The first-order valence-electron chi connectivity index (χ1n) is 9.89. The number of hydrogen-bond donors (Lipinski definition) is 0. The van der Waals surface area contributed by atoms with E-state index in [-0.39, 0.29) is 5.56 Å². The first-order chi connectivity index (χ1) is 14.2. The van der Waals surface area contributed by atoms with Crippen LogP contribution >= 0.6 is 0 Å². The van der Waals surface area contributed by atoms with Crippen molar-refractivity contribution in [3.63, 3.8) is 0 Å². The van der Waals surface area contributed by atoms with Crippen LogP contribution in [-0.2, 0) is 13.1 Å². The molecule has 0 saturated carbocycles. The third-order valence-corrected chi connectivity index (χ3v) is 5.15. The van der Waals surface area contributed by atoms with Crippen LogP contribution in [0.2, 0.25) is 0 Å². The fourth-order valence-corrected chi connectivity index (χ4v) is 3.52. The number of piperazine rings is 1. The first-order valence-corrected chi connectivity index (χ1v) is 9.89. The summed E-state index contributed by atoms with van der Waals surface area (Å²) in [5, 5.41) is 4.53. The molecule has 0 aromatic carbocycles. The summed E-state index contributed by atoms with van der Waals surface area (Å²) >= 11 is 0. The Bertz CT molecular complexity index is 997. The van der Waals surface area contributed by atoms with E-state index in [2.05, 4.69) is 29.9 Å². The number of aryl methyl sites for hydroxylation is 1. The van der Waals surface area contributed by atoms with Crippen molar-refractivity contribution in [1.82, 2.24) is 34.5 Å². The maximum absolute atomic E-state index is 12.2. The van der Waals surface area contributed by atoms with Crippen molar-refractivity contribution in [1.29, 1.82) is 0 Å². The minimum Gasteiger partial charge on any atom is -0.299 e. The lowest BCUT2D eigenvalue weighted by Gasteiger charge is -2.34. The molecular formula is C21H25N7O. The third kappa shape index (κ3) is 5.10. The molecule has 1 aliphatic heterocycles. The third-order valence-electron chi connectivity index (χ3n) is 5.15. The number of rotatable bonds is 6. The number of hydrogen-bond acceptors (Lipinski definition) is 7. The maximum Gasteiger partial charge on any atom is 0.266 e. The van der Waals surface area contributed by atoms with Crippen LogP contribution in [0.1, 0.15) is 11.5 Å². The SMILES string of the molecule is Cc1nccc(CN2CCN(CCn3nc(-c4ccncc4)ccc3=O)CC2)n1. The van der Waals surface area contributed by atoms with Gasteiger partial charge in [-0.25, -0.2) is 14.6 Å². The molecule has 0 atom stereocenters. The Balaban J connectivity index is 1.31. The Labute approximate surface area is 169 Å². The number of aromatic nitrogens is 5. The molecule has 4 heterocycles. The summed E-state index contributed by atoms with van der Waals surface area (Å²) in [6.45, 7) is 8.10. The lowest BCUT2D eigenvalue weighted by molar-refractivity contribution is 0.121. The second kappa shape index (κ2) is 9.02. The average Bonchev–Trinajstić information content (AvgIpc) is 2.75. The molecule has 1 fully saturated rings. The molecule has 0 aliphatic carbocycles. The zero-order valence-electron chi connectivity index (χ0n) is 16.6. The molecule has 3 aromatic heterocycles. The standard InChI is InChI=1S/C21H25N7O/c1-17-23-9-6-19(24-17)16-27-12-10-26(11-13-27)14-15-28-21(29)3-2-20(25-28)18-4-7-22-8-5-18/h2-9H,10-16H2,1H3. The van der Waals surface area contributed by atoms with Gasteiger partial charge in [0.1, 0.15) is 5.82 Å². The molecule has 0 bridgehead atoms. The fraction of sp³-hybridized carbons (Fsp3) is 0.381. The van der Waals surface area contributed by atoms with Gasteiger partial charge in [0.05, 0.1) is 17.9 Å². The van der Waals surface area contributed by atoms with Crippen LogP contribution in [0.5, 0.6) is 0 Å². The van der Waals surface area contributed by atoms with Crippen molar-refractivity contribution in [3.05, 3.63) is 70.8 Å². The summed E-state index contributed by atoms with van der Waals surface area (Å²) in [4.78, 5) is 29.7. The van der Waals surface area contributed by atoms with E-state index < -0.39 is 0 Å². The predicted octanol–water partition coefficient (Wildman–Crippen LogP) is 1.22. The Kier molecular flexibility index (Phi) is 6.02. The highest BCUT2D eigenvalue weighted by Gasteiger charge is 2.17. The second-order valence-corrected chi connectivity index (χ2v) is 7.23. The molecule has 1 aliphatic rings. The largest absolute Gasteiger partial charge is 0.299 e. The van der Waals surface area contributed by atoms with Crippen LogP contribution in [0, 0.1) is 6.92 Å². The predicted molar refractivity (Wildman–Crippen MR) is 110 cm³/mol. The lowest BCUT2D eigenvalue weighted by Crippen LogP contribution is -2.47. The maximum atomic E-state index is 12.2. The summed E-state index contributed by atoms with van der Waals surface area (Å²) in [5.41, 5.74) is 2.74. The Morgan fingerprint density at radius 2 is 1.66 bits per heavy atom. The molecule has 0 radical (unpaired) electrons. The zero-order chi connectivity index (χ0) is 20.1. The van der Waals surface area contributed by atoms with Crippen molar-refractivity contribution in [2.75, 3.05) is 32.7 Å². The Morgan fingerprint density at radius 1 is 0.897 bits per heavy atom. The van der Waals surface area contributed by atoms with Crippen molar-refractivity contribution in [2.24, 2.45) is 0 Å². The second-order valence-electron chi connectivity index (χ2n) is 7.23. The van der Waals surface area contributed by atoms with Crippen LogP contribution in [0.25, 0.3) is 11.3 Å². The van der Waals surface area contributed by atoms with Crippen molar-refractivity contribution >= 4 is 0 Å². The highest BCUT2D eigenvalue weighted by molar-refractivity contribution is 5.56. The Hall–Kier alpha value is -2.97. The van der Waals surface area contributed by atoms with Gasteiger partial charge in [-0.2, -0.15) is 5.10 Å². The molecule has 0 N–H and O–H groups in total. The molecule has 0 spiro atoms. The topological polar surface area (TPSA) is 80.0 Å². The van der Waals surface area contributed by atoms with Crippen LogP contribution in [0.4, 0.5) is 0 Å². The van der Waals surface area contributed by atoms with Gasteiger partial charge in [-0.1, -0.05) is 0 Å². The van der Waals surface area contributed by atoms with Gasteiger partial charge in [0, 0.05) is 69.5 Å². The molecule has 3 aromatic rings. The summed E-state index contributed by atoms with van der Waals surface area (Å²) < 4.78 is 1.56. The minimum atomic E-state index is -0.0689. The van der Waals surface area contributed by atoms with Crippen molar-refractivity contribution in [3.8, 4) is 11.3 Å². The number of nitrogens with zero attached hydrogens (tertiary/aromatic N) is 7. The summed E-state index contributed by atoms with van der Waals surface area (Å²) in [5.74, 6) is 0.813. The molecule has 1 saturated heterocycles. The molecule has 8 heteroatoms. The quantitative estimate of drug-likeness (QED) is 0.625. The van der Waals surface area contributed by atoms with Gasteiger partial charge in [0.15, 0.2) is 0 Å². The van der Waals surface area contributed by atoms with E-state index in [1.165, 1.54) is 0 Å². The molecule has 8 nitrogen and oxygen atoms in total. The summed E-state index contributed by atoms with van der Waals surface area (Å²) in [6, 6.07) is 9.13. The molecule has 150 valence electrons. The van der Waals surface area contributed by atoms with Gasteiger partial charge in [0.2, 0.25) is 0 Å². The van der Waals surface area contributed by atoms with Crippen LogP contribution in [0.15, 0.2) is 53.7 Å². The zero-order valence-corrected chi connectivity index (χ0v) is 16.6. The monoisotopic (exact) mass is 391 g/mol. The van der Waals surface area contributed by atoms with E-state index in [4.69, 9.17) is 0 Å². The molecule has 0 amide bonds. The van der Waals surface area contributed by atoms with Gasteiger partial charge in [-0.05, 0) is 31.2 Å².